The quantitative estimate of drug-likeness (QED) is 0.445. The third-order valence-corrected chi connectivity index (χ3v) is 6.31. The van der Waals surface area contributed by atoms with Gasteiger partial charge in [-0.15, -0.1) is 5.10 Å². The van der Waals surface area contributed by atoms with Crippen LogP contribution in [0.2, 0.25) is 0 Å². The molecule has 2 N–H and O–H groups in total. The van der Waals surface area contributed by atoms with E-state index in [4.69, 9.17) is 4.74 Å². The molecule has 0 unspecified atom stereocenters. The molecule has 1 aromatic heterocycles. The molecule has 0 radical (unpaired) electrons. The molecule has 0 aliphatic heterocycles. The van der Waals surface area contributed by atoms with Gasteiger partial charge in [-0.3, -0.25) is 4.68 Å². The van der Waals surface area contributed by atoms with Crippen molar-refractivity contribution in [3.8, 4) is 29.0 Å². The average molecular weight is 508 g/mol. The van der Waals surface area contributed by atoms with E-state index in [1.807, 2.05) is 6.92 Å². The number of halogens is 3. The van der Waals surface area contributed by atoms with Gasteiger partial charge in [-0.1, -0.05) is 30.3 Å². The van der Waals surface area contributed by atoms with E-state index >= 15 is 0 Å². The summed E-state index contributed by atoms with van der Waals surface area (Å²) in [7, 11) is -4.43. The smallest absolute Gasteiger partial charge is 0.402 e. The fourth-order valence-corrected chi connectivity index (χ4v) is 4.57. The minimum absolute atomic E-state index is 0.270. The highest BCUT2D eigenvalue weighted by molar-refractivity contribution is 7.87. The van der Waals surface area contributed by atoms with Gasteiger partial charge in [-0.25, -0.2) is 0 Å². The van der Waals surface area contributed by atoms with Crippen molar-refractivity contribution in [3.63, 3.8) is 0 Å². The van der Waals surface area contributed by atoms with Crippen molar-refractivity contribution in [1.82, 2.24) is 19.2 Å². The molecule has 8 nitrogen and oxygen atoms in total. The Labute approximate surface area is 201 Å². The molecule has 3 aromatic rings. The number of nitrogens with zero attached hydrogens (tertiary/aromatic N) is 3. The zero-order valence-electron chi connectivity index (χ0n) is 19.2. The van der Waals surface area contributed by atoms with Crippen LogP contribution < -0.4 is 14.2 Å². The number of aromatic nitrogens is 2. The van der Waals surface area contributed by atoms with Crippen LogP contribution in [0.4, 0.5) is 13.2 Å². The van der Waals surface area contributed by atoms with E-state index in [1.165, 1.54) is 4.72 Å². The van der Waals surface area contributed by atoms with Crippen molar-refractivity contribution in [2.45, 2.75) is 39.0 Å². The first-order chi connectivity index (χ1) is 16.3. The Morgan fingerprint density at radius 2 is 1.83 bits per heavy atom. The van der Waals surface area contributed by atoms with Crippen LogP contribution in [-0.2, 0) is 22.3 Å². The normalized spacial score (nSPS) is 12.4. The molecule has 0 spiro atoms. The zero-order chi connectivity index (χ0) is 25.9. The number of aryl methyl sites for hydroxylation is 1. The summed E-state index contributed by atoms with van der Waals surface area (Å²) < 4.78 is 73.0. The van der Waals surface area contributed by atoms with Gasteiger partial charge >= 0.3 is 6.18 Å². The highest BCUT2D eigenvalue weighted by Crippen LogP contribution is 2.31. The van der Waals surface area contributed by atoms with E-state index in [1.54, 1.807) is 73.1 Å². The summed E-state index contributed by atoms with van der Waals surface area (Å²) >= 11 is 0. The molecule has 0 saturated heterocycles. The summed E-state index contributed by atoms with van der Waals surface area (Å²) in [6.07, 6.45) is -4.68. The van der Waals surface area contributed by atoms with Crippen LogP contribution in [-0.4, -0.2) is 30.9 Å². The van der Waals surface area contributed by atoms with Crippen LogP contribution in [0.25, 0.3) is 11.3 Å². The molecule has 0 aliphatic rings. The number of para-hydroxylation sites is 1. The molecule has 1 heterocycles. The van der Waals surface area contributed by atoms with E-state index in [0.717, 1.165) is 0 Å². The summed E-state index contributed by atoms with van der Waals surface area (Å²) in [6, 6.07) is 17.4. The number of nitrogens with one attached hydrogen (secondary N) is 2. The lowest BCUT2D eigenvalue weighted by molar-refractivity contribution is -0.121. The maximum atomic E-state index is 12.4. The summed E-state index contributed by atoms with van der Waals surface area (Å²) in [4.78, 5) is 0. The average Bonchev–Trinajstić information content (AvgIpc) is 3.20. The third-order valence-electron chi connectivity index (χ3n) is 5.01. The number of ether oxygens (including phenoxy) is 1. The Balaban J connectivity index is 1.88. The first kappa shape index (κ1) is 26.2. The molecule has 0 fully saturated rings. The topological polar surface area (TPSA) is 109 Å². The van der Waals surface area contributed by atoms with Crippen LogP contribution in [0.5, 0.6) is 11.6 Å². The Morgan fingerprint density at radius 1 is 1.11 bits per heavy atom. The zero-order valence-corrected chi connectivity index (χ0v) is 20.0. The Bertz CT molecular complexity index is 1340. The van der Waals surface area contributed by atoms with Gasteiger partial charge in [0, 0.05) is 18.2 Å². The lowest BCUT2D eigenvalue weighted by Crippen LogP contribution is -2.48. The molecule has 0 bridgehead atoms. The molecule has 35 heavy (non-hydrogen) atoms. The summed E-state index contributed by atoms with van der Waals surface area (Å²) in [5.41, 5.74) is 1.02. The third kappa shape index (κ3) is 6.82. The van der Waals surface area contributed by atoms with Gasteiger partial charge in [0.2, 0.25) is 5.88 Å². The van der Waals surface area contributed by atoms with Gasteiger partial charge < -0.3 is 4.74 Å². The predicted molar refractivity (Wildman–Crippen MR) is 124 cm³/mol. The molecule has 3 rings (SSSR count). The Hall–Kier alpha value is -3.40. The molecule has 0 aliphatic carbocycles. The van der Waals surface area contributed by atoms with E-state index in [2.05, 4.69) is 15.9 Å². The Morgan fingerprint density at radius 3 is 2.49 bits per heavy atom. The monoisotopic (exact) mass is 507 g/mol. The molecule has 12 heteroatoms. The van der Waals surface area contributed by atoms with E-state index < -0.39 is 28.5 Å². The minimum Gasteiger partial charge on any atom is -0.436 e. The Kier molecular flexibility index (Phi) is 7.54. The molecule has 0 atom stereocenters. The van der Waals surface area contributed by atoms with Crippen LogP contribution in [0.1, 0.15) is 31.9 Å². The number of hydrogen-bond acceptors (Lipinski definition) is 5. The fraction of sp³-hybridized carbons (Fsp3) is 0.304. The molecule has 0 amide bonds. The van der Waals surface area contributed by atoms with Gasteiger partial charge in [-0.2, -0.15) is 36.3 Å². The second kappa shape index (κ2) is 10.1. The second-order valence-corrected chi connectivity index (χ2v) is 9.64. The largest absolute Gasteiger partial charge is 0.436 e. The maximum absolute atomic E-state index is 12.4. The fourth-order valence-electron chi connectivity index (χ4n) is 3.35. The highest BCUT2D eigenvalue weighted by atomic mass is 32.2. The first-order valence-corrected chi connectivity index (χ1v) is 12.0. The van der Waals surface area contributed by atoms with Crippen molar-refractivity contribution in [2.75, 3.05) is 6.54 Å². The van der Waals surface area contributed by atoms with Crippen LogP contribution >= 0.6 is 0 Å². The van der Waals surface area contributed by atoms with E-state index in [0.29, 0.717) is 34.7 Å². The van der Waals surface area contributed by atoms with Gasteiger partial charge in [0.1, 0.15) is 18.4 Å². The minimum atomic E-state index is -4.68. The summed E-state index contributed by atoms with van der Waals surface area (Å²) in [5.74, 6) is 0.629. The van der Waals surface area contributed by atoms with Gasteiger partial charge in [0.15, 0.2) is 0 Å². The molecular formula is C23H24F3N5O3S. The molecule has 0 saturated carbocycles. The molecular weight excluding hydrogens is 483 g/mol. The lowest BCUT2D eigenvalue weighted by Gasteiger charge is -2.27. The standard InChI is InChI=1S/C23H24F3N5O3S/c1-4-31-19(13-21(29-31)34-20-11-6-5-8-17(20)14-27)16-9-7-10-18(12-16)22(2,3)30-35(32,33)28-15-23(24,25)26/h5-13,28,30H,4,15H2,1-3H3. The lowest BCUT2D eigenvalue weighted by atomic mass is 9.93. The molecule has 2 aromatic carbocycles. The van der Waals surface area contributed by atoms with Crippen molar-refractivity contribution in [2.24, 2.45) is 0 Å². The summed E-state index contributed by atoms with van der Waals surface area (Å²) in [6.45, 7) is 3.80. The van der Waals surface area contributed by atoms with Gasteiger partial charge in [0.25, 0.3) is 10.2 Å². The highest BCUT2D eigenvalue weighted by Gasteiger charge is 2.32. The van der Waals surface area contributed by atoms with Crippen LogP contribution in [0.15, 0.2) is 54.6 Å². The first-order valence-electron chi connectivity index (χ1n) is 10.5. The predicted octanol–water partition coefficient (Wildman–Crippen LogP) is 4.46. The second-order valence-electron chi connectivity index (χ2n) is 8.14. The van der Waals surface area contributed by atoms with Crippen LogP contribution in [0.3, 0.4) is 0 Å². The van der Waals surface area contributed by atoms with E-state index in [-0.39, 0.29) is 5.88 Å². The van der Waals surface area contributed by atoms with Crippen molar-refractivity contribution < 1.29 is 26.3 Å². The number of alkyl halides is 3. The van der Waals surface area contributed by atoms with Crippen LogP contribution in [0, 0.1) is 11.3 Å². The number of nitriles is 1. The SMILES string of the molecule is CCn1nc(Oc2ccccc2C#N)cc1-c1cccc(C(C)(C)NS(=O)(=O)NCC(F)(F)F)c1. The van der Waals surface area contributed by atoms with Crippen molar-refractivity contribution >= 4 is 10.2 Å². The van der Waals surface area contributed by atoms with Crippen molar-refractivity contribution in [3.05, 3.63) is 65.7 Å². The summed E-state index contributed by atoms with van der Waals surface area (Å²) in [5, 5.41) is 13.7. The van der Waals surface area contributed by atoms with Crippen molar-refractivity contribution in [1.29, 1.82) is 5.26 Å². The van der Waals surface area contributed by atoms with E-state index in [9.17, 15) is 26.9 Å². The van der Waals surface area contributed by atoms with Gasteiger partial charge in [0.05, 0.1) is 16.8 Å². The number of hydrogen-bond donors (Lipinski definition) is 2. The van der Waals surface area contributed by atoms with Gasteiger partial charge in [-0.05, 0) is 44.5 Å². The maximum Gasteiger partial charge on any atom is 0.402 e. The number of benzene rings is 2. The molecule has 186 valence electrons. The number of rotatable bonds is 9.